The van der Waals surface area contributed by atoms with Crippen molar-refractivity contribution in [1.82, 2.24) is 9.62 Å². The summed E-state index contributed by atoms with van der Waals surface area (Å²) in [6.07, 6.45) is 2.99. The lowest BCUT2D eigenvalue weighted by molar-refractivity contribution is 0.281. The van der Waals surface area contributed by atoms with Crippen molar-refractivity contribution in [1.29, 1.82) is 0 Å². The standard InChI is InChI=1S/C15H24N2O2S/c1-13-4-3-11-17(12-13)20(18,19)15-7-5-14(6-8-15)9-10-16-2/h5-8,13,16H,3-4,9-12H2,1-2H3. The maximum Gasteiger partial charge on any atom is 0.243 e. The zero-order valence-corrected chi connectivity index (χ0v) is 13.1. The van der Waals surface area contributed by atoms with E-state index in [-0.39, 0.29) is 0 Å². The summed E-state index contributed by atoms with van der Waals surface area (Å²) < 4.78 is 26.8. The van der Waals surface area contributed by atoms with E-state index >= 15 is 0 Å². The molecule has 0 aromatic heterocycles. The molecular formula is C15H24N2O2S. The fraction of sp³-hybridized carbons (Fsp3) is 0.600. The van der Waals surface area contributed by atoms with E-state index < -0.39 is 10.0 Å². The van der Waals surface area contributed by atoms with Crippen molar-refractivity contribution >= 4 is 10.0 Å². The van der Waals surface area contributed by atoms with Crippen LogP contribution in [-0.4, -0.2) is 39.4 Å². The Morgan fingerprint density at radius 1 is 1.30 bits per heavy atom. The number of hydrogen-bond donors (Lipinski definition) is 1. The maximum absolute atomic E-state index is 12.6. The van der Waals surface area contributed by atoms with Crippen LogP contribution in [-0.2, 0) is 16.4 Å². The normalized spacial score (nSPS) is 21.0. The molecule has 0 spiro atoms. The Balaban J connectivity index is 2.12. The number of rotatable bonds is 5. The molecule has 0 radical (unpaired) electrons. The lowest BCUT2D eigenvalue weighted by atomic mass is 10.0. The van der Waals surface area contributed by atoms with Gasteiger partial charge in [-0.05, 0) is 56.5 Å². The summed E-state index contributed by atoms with van der Waals surface area (Å²) in [5.74, 6) is 0.452. The molecule has 1 N–H and O–H groups in total. The average Bonchev–Trinajstić information content (AvgIpc) is 2.45. The molecule has 0 amide bonds. The van der Waals surface area contributed by atoms with Gasteiger partial charge in [0.15, 0.2) is 0 Å². The van der Waals surface area contributed by atoms with E-state index in [1.807, 2.05) is 19.2 Å². The Morgan fingerprint density at radius 2 is 2.00 bits per heavy atom. The summed E-state index contributed by atoms with van der Waals surface area (Å²) in [6, 6.07) is 7.30. The van der Waals surface area contributed by atoms with Gasteiger partial charge in [0.2, 0.25) is 10.0 Å². The molecule has 0 saturated carbocycles. The number of piperidine rings is 1. The average molecular weight is 296 g/mol. The van der Waals surface area contributed by atoms with E-state index in [2.05, 4.69) is 12.2 Å². The molecule has 112 valence electrons. The molecule has 1 aromatic carbocycles. The molecule has 1 saturated heterocycles. The van der Waals surface area contributed by atoms with E-state index in [0.29, 0.717) is 23.9 Å². The van der Waals surface area contributed by atoms with Crippen molar-refractivity contribution in [3.63, 3.8) is 0 Å². The van der Waals surface area contributed by atoms with Gasteiger partial charge < -0.3 is 5.32 Å². The Bertz CT molecular complexity index is 525. The third kappa shape index (κ3) is 3.59. The van der Waals surface area contributed by atoms with E-state index in [9.17, 15) is 8.42 Å². The highest BCUT2D eigenvalue weighted by molar-refractivity contribution is 7.89. The molecule has 2 rings (SSSR count). The second kappa shape index (κ2) is 6.70. The topological polar surface area (TPSA) is 49.4 Å². The van der Waals surface area contributed by atoms with Crippen molar-refractivity contribution in [3.05, 3.63) is 29.8 Å². The summed E-state index contributed by atoms with van der Waals surface area (Å²) in [5, 5.41) is 3.09. The van der Waals surface area contributed by atoms with Gasteiger partial charge in [0.1, 0.15) is 0 Å². The number of hydrogen-bond acceptors (Lipinski definition) is 3. The molecule has 20 heavy (non-hydrogen) atoms. The van der Waals surface area contributed by atoms with Gasteiger partial charge in [-0.15, -0.1) is 0 Å². The fourth-order valence-electron chi connectivity index (χ4n) is 2.61. The van der Waals surface area contributed by atoms with E-state index in [1.54, 1.807) is 16.4 Å². The van der Waals surface area contributed by atoms with Crippen LogP contribution in [0.1, 0.15) is 25.3 Å². The lowest BCUT2D eigenvalue weighted by Crippen LogP contribution is -2.39. The summed E-state index contributed by atoms with van der Waals surface area (Å²) in [6.45, 7) is 4.30. The smallest absolute Gasteiger partial charge is 0.243 e. The summed E-state index contributed by atoms with van der Waals surface area (Å²) in [4.78, 5) is 0.416. The number of benzene rings is 1. The van der Waals surface area contributed by atoms with Crippen LogP contribution in [0.3, 0.4) is 0 Å². The molecule has 1 aromatic rings. The monoisotopic (exact) mass is 296 g/mol. The minimum Gasteiger partial charge on any atom is -0.319 e. The van der Waals surface area contributed by atoms with Crippen LogP contribution >= 0.6 is 0 Å². The van der Waals surface area contributed by atoms with Crippen molar-refractivity contribution < 1.29 is 8.42 Å². The third-order valence-corrected chi connectivity index (χ3v) is 5.72. The van der Waals surface area contributed by atoms with Gasteiger partial charge in [-0.25, -0.2) is 8.42 Å². The number of nitrogens with zero attached hydrogens (tertiary/aromatic N) is 1. The fourth-order valence-corrected chi connectivity index (χ4v) is 4.21. The van der Waals surface area contributed by atoms with Crippen LogP contribution in [0, 0.1) is 5.92 Å². The van der Waals surface area contributed by atoms with Crippen LogP contribution in [0.5, 0.6) is 0 Å². The van der Waals surface area contributed by atoms with Crippen LogP contribution < -0.4 is 5.32 Å². The van der Waals surface area contributed by atoms with Gasteiger partial charge in [-0.3, -0.25) is 0 Å². The van der Waals surface area contributed by atoms with E-state index in [1.165, 1.54) is 0 Å². The quantitative estimate of drug-likeness (QED) is 0.902. The van der Waals surface area contributed by atoms with Crippen molar-refractivity contribution in [2.24, 2.45) is 5.92 Å². The molecule has 1 aliphatic heterocycles. The summed E-state index contributed by atoms with van der Waals surface area (Å²) >= 11 is 0. The third-order valence-electron chi connectivity index (χ3n) is 3.84. The number of sulfonamides is 1. The Labute approximate surface area is 122 Å². The highest BCUT2D eigenvalue weighted by atomic mass is 32.2. The summed E-state index contributed by atoms with van der Waals surface area (Å²) in [5.41, 5.74) is 1.16. The van der Waals surface area contributed by atoms with Gasteiger partial charge in [0.05, 0.1) is 4.90 Å². The Kier molecular flexibility index (Phi) is 5.18. The zero-order chi connectivity index (χ0) is 14.6. The molecule has 1 aliphatic rings. The van der Waals surface area contributed by atoms with Crippen molar-refractivity contribution in [2.75, 3.05) is 26.7 Å². The first-order chi connectivity index (χ1) is 9.54. The van der Waals surface area contributed by atoms with Gasteiger partial charge in [-0.1, -0.05) is 19.1 Å². The van der Waals surface area contributed by atoms with Gasteiger partial charge in [0, 0.05) is 13.1 Å². The van der Waals surface area contributed by atoms with Crippen LogP contribution in [0.25, 0.3) is 0 Å². The predicted octanol–water partition coefficient (Wildman–Crippen LogP) is 1.87. The van der Waals surface area contributed by atoms with Gasteiger partial charge in [0.25, 0.3) is 0 Å². The number of likely N-dealkylation sites (N-methyl/N-ethyl adjacent to an activating group) is 1. The zero-order valence-electron chi connectivity index (χ0n) is 12.3. The number of nitrogens with one attached hydrogen (secondary N) is 1. The summed E-state index contributed by atoms with van der Waals surface area (Å²) in [7, 11) is -1.40. The molecule has 1 atom stereocenters. The molecule has 4 nitrogen and oxygen atoms in total. The molecule has 5 heteroatoms. The van der Waals surface area contributed by atoms with Gasteiger partial charge >= 0.3 is 0 Å². The highest BCUT2D eigenvalue weighted by Gasteiger charge is 2.28. The minimum atomic E-state index is -3.31. The predicted molar refractivity (Wildman–Crippen MR) is 81.2 cm³/mol. The van der Waals surface area contributed by atoms with Crippen LogP contribution in [0.15, 0.2) is 29.2 Å². The van der Waals surface area contributed by atoms with Gasteiger partial charge in [-0.2, -0.15) is 4.31 Å². The molecular weight excluding hydrogens is 272 g/mol. The van der Waals surface area contributed by atoms with E-state index in [4.69, 9.17) is 0 Å². The molecule has 1 unspecified atom stereocenters. The van der Waals surface area contributed by atoms with E-state index in [0.717, 1.165) is 31.4 Å². The second-order valence-electron chi connectivity index (χ2n) is 5.61. The van der Waals surface area contributed by atoms with Crippen molar-refractivity contribution in [2.45, 2.75) is 31.1 Å². The van der Waals surface area contributed by atoms with Crippen LogP contribution in [0.2, 0.25) is 0 Å². The molecule has 1 fully saturated rings. The highest BCUT2D eigenvalue weighted by Crippen LogP contribution is 2.23. The Morgan fingerprint density at radius 3 is 2.60 bits per heavy atom. The minimum absolute atomic E-state index is 0.416. The van der Waals surface area contributed by atoms with Crippen LogP contribution in [0.4, 0.5) is 0 Å². The first-order valence-electron chi connectivity index (χ1n) is 7.27. The SMILES string of the molecule is CNCCc1ccc(S(=O)(=O)N2CCCC(C)C2)cc1. The first kappa shape index (κ1) is 15.5. The first-order valence-corrected chi connectivity index (χ1v) is 8.71. The molecule has 0 bridgehead atoms. The Hall–Kier alpha value is -0.910. The molecule has 0 aliphatic carbocycles. The maximum atomic E-state index is 12.6. The second-order valence-corrected chi connectivity index (χ2v) is 7.55. The van der Waals surface area contributed by atoms with Crippen molar-refractivity contribution in [3.8, 4) is 0 Å². The lowest BCUT2D eigenvalue weighted by Gasteiger charge is -2.30. The molecule has 1 heterocycles. The largest absolute Gasteiger partial charge is 0.319 e.